The van der Waals surface area contributed by atoms with Crippen LogP contribution in [0.1, 0.15) is 57.8 Å². The molecule has 0 radical (unpaired) electrons. The first kappa shape index (κ1) is 26.8. The minimum Gasteiger partial charge on any atom is -0.387 e. The molecule has 8 N–H and O–H groups in total. The Kier molecular flexibility index (Phi) is 9.04. The second-order valence-electron chi connectivity index (χ2n) is 10.1. The van der Waals surface area contributed by atoms with E-state index in [1.807, 2.05) is 11.9 Å². The fourth-order valence-electron chi connectivity index (χ4n) is 6.44. The Morgan fingerprint density at radius 1 is 1.06 bits per heavy atom. The maximum Gasteiger partial charge on any atom is 0.469 e. The van der Waals surface area contributed by atoms with E-state index in [4.69, 9.17) is 14.5 Å². The number of ether oxygens (including phenoxy) is 1. The Bertz CT molecular complexity index is 707. The molecule has 3 aliphatic heterocycles. The van der Waals surface area contributed by atoms with Crippen molar-refractivity contribution in [3.63, 3.8) is 0 Å². The highest BCUT2D eigenvalue weighted by molar-refractivity contribution is 7.46. The van der Waals surface area contributed by atoms with E-state index in [1.54, 1.807) is 0 Å². The third-order valence-corrected chi connectivity index (χ3v) is 8.56. The molecular weight excluding hydrogens is 465 g/mol. The summed E-state index contributed by atoms with van der Waals surface area (Å²) in [7, 11) is -2.77. The highest BCUT2D eigenvalue weighted by Gasteiger charge is 2.61. The van der Waals surface area contributed by atoms with Crippen molar-refractivity contribution >= 4 is 7.82 Å². The molecule has 0 aromatic carbocycles. The number of hydrogen-bond acceptors (Lipinski definition) is 10. The molecule has 0 bridgehead atoms. The van der Waals surface area contributed by atoms with Gasteiger partial charge in [0.15, 0.2) is 0 Å². The molecule has 4 aliphatic rings. The molecule has 4 fully saturated rings. The van der Waals surface area contributed by atoms with Crippen LogP contribution in [0.3, 0.4) is 0 Å². The molecule has 0 amide bonds. The van der Waals surface area contributed by atoms with Crippen molar-refractivity contribution in [1.82, 2.24) is 26.2 Å². The number of phosphoric ester groups is 1. The number of aliphatic hydroxyl groups is 2. The number of hydrogen-bond donors (Lipinski definition) is 8. The molecule has 7 atom stereocenters. The Balaban J connectivity index is 1.55. The Morgan fingerprint density at radius 3 is 2.32 bits per heavy atom. The van der Waals surface area contributed by atoms with Crippen LogP contribution in [0.25, 0.3) is 0 Å². The summed E-state index contributed by atoms with van der Waals surface area (Å²) in [4.78, 5) is 20.0. The van der Waals surface area contributed by atoms with Crippen molar-refractivity contribution in [2.75, 3.05) is 27.0 Å². The number of rotatable bonds is 6. The minimum atomic E-state index is -4.72. The highest BCUT2D eigenvalue weighted by Crippen LogP contribution is 2.42. The summed E-state index contributed by atoms with van der Waals surface area (Å²) < 4.78 is 21.6. The van der Waals surface area contributed by atoms with Crippen molar-refractivity contribution in [2.24, 2.45) is 5.92 Å². The fourth-order valence-corrected chi connectivity index (χ4v) is 6.78. The first-order valence-corrected chi connectivity index (χ1v) is 14.2. The number of phosphoric acid groups is 1. The zero-order valence-electron chi connectivity index (χ0n) is 19.9. The van der Waals surface area contributed by atoms with Gasteiger partial charge < -0.3 is 30.1 Å². The van der Waals surface area contributed by atoms with Crippen LogP contribution in [0.15, 0.2) is 0 Å². The van der Waals surface area contributed by atoms with Crippen molar-refractivity contribution in [2.45, 2.75) is 100 Å². The van der Waals surface area contributed by atoms with Gasteiger partial charge in [-0.1, -0.05) is 44.9 Å². The van der Waals surface area contributed by atoms with Gasteiger partial charge in [-0.2, -0.15) is 0 Å². The van der Waals surface area contributed by atoms with E-state index in [0.29, 0.717) is 19.3 Å². The molecule has 3 heterocycles. The van der Waals surface area contributed by atoms with E-state index < -0.39 is 39.0 Å². The van der Waals surface area contributed by atoms with Crippen LogP contribution in [-0.2, 0) is 13.8 Å². The predicted octanol–water partition coefficient (Wildman–Crippen LogP) is -0.693. The lowest BCUT2D eigenvalue weighted by atomic mass is 9.72. The zero-order chi connectivity index (χ0) is 24.3. The van der Waals surface area contributed by atoms with E-state index in [2.05, 4.69) is 25.8 Å². The van der Waals surface area contributed by atoms with Crippen LogP contribution in [0, 0.1) is 5.92 Å². The van der Waals surface area contributed by atoms with Gasteiger partial charge in [0.2, 0.25) is 0 Å². The van der Waals surface area contributed by atoms with Gasteiger partial charge in [-0.25, -0.2) is 9.46 Å². The Labute approximate surface area is 201 Å². The van der Waals surface area contributed by atoms with Gasteiger partial charge in [-0.3, -0.25) is 20.5 Å². The fraction of sp³-hybridized carbons (Fsp3) is 1.00. The lowest BCUT2D eigenvalue weighted by Gasteiger charge is -2.52. The zero-order valence-corrected chi connectivity index (χ0v) is 20.8. The van der Waals surface area contributed by atoms with Gasteiger partial charge in [0.1, 0.15) is 24.5 Å². The van der Waals surface area contributed by atoms with Gasteiger partial charge in [-0.05, 0) is 25.8 Å². The Hall–Kier alpha value is -0.210. The van der Waals surface area contributed by atoms with Crippen LogP contribution in [0.4, 0.5) is 0 Å². The van der Waals surface area contributed by atoms with Crippen molar-refractivity contribution in [3.05, 3.63) is 0 Å². The summed E-state index contributed by atoms with van der Waals surface area (Å²) in [5.41, 5.74) is -0.360. The highest BCUT2D eigenvalue weighted by atomic mass is 31.2. The first-order valence-electron chi connectivity index (χ1n) is 12.6. The number of nitrogens with zero attached hydrogens (tertiary/aromatic N) is 1. The quantitative estimate of drug-likeness (QED) is 0.213. The maximum absolute atomic E-state index is 11.1. The molecule has 3 unspecified atom stereocenters. The minimum absolute atomic E-state index is 0.00560. The van der Waals surface area contributed by atoms with Gasteiger partial charge in [-0.15, -0.1) is 0 Å². The van der Waals surface area contributed by atoms with Crippen LogP contribution in [0.2, 0.25) is 0 Å². The average Bonchev–Trinajstić information content (AvgIpc) is 3.33. The second-order valence-corrected chi connectivity index (χ2v) is 11.3. The summed E-state index contributed by atoms with van der Waals surface area (Å²) in [5, 5.41) is 35.7. The summed E-state index contributed by atoms with van der Waals surface area (Å²) in [5.74, 6) is 0.385. The lowest BCUT2D eigenvalue weighted by Crippen LogP contribution is -2.79. The molecule has 1 saturated carbocycles. The number of aliphatic hydroxyl groups excluding tert-OH is 2. The van der Waals surface area contributed by atoms with Crippen LogP contribution in [0.5, 0.6) is 0 Å². The van der Waals surface area contributed by atoms with Gasteiger partial charge in [0, 0.05) is 6.67 Å². The second kappa shape index (κ2) is 11.5. The molecule has 0 spiro atoms. The summed E-state index contributed by atoms with van der Waals surface area (Å²) in [6.45, 7) is 0.500. The Morgan fingerprint density at radius 2 is 1.71 bits per heavy atom. The molecule has 0 aromatic heterocycles. The molecule has 12 nitrogen and oxygen atoms in total. The lowest BCUT2D eigenvalue weighted by molar-refractivity contribution is -0.118. The molecule has 3 saturated heterocycles. The summed E-state index contributed by atoms with van der Waals surface area (Å²) in [6.07, 6.45) is 6.32. The molecule has 34 heavy (non-hydrogen) atoms. The smallest absolute Gasteiger partial charge is 0.387 e. The van der Waals surface area contributed by atoms with E-state index in [9.17, 15) is 14.8 Å². The van der Waals surface area contributed by atoms with Crippen molar-refractivity contribution in [1.29, 1.82) is 0 Å². The molecule has 1 aliphatic carbocycles. The molecule has 13 heteroatoms. The van der Waals surface area contributed by atoms with E-state index in [0.717, 1.165) is 12.8 Å². The van der Waals surface area contributed by atoms with Crippen LogP contribution >= 0.6 is 7.82 Å². The molecule has 4 rings (SSSR count). The van der Waals surface area contributed by atoms with Crippen LogP contribution in [-0.4, -0.2) is 94.3 Å². The number of nitrogens with one attached hydrogen (secondary N) is 4. The molecular formula is C21H42N5O7P. The van der Waals surface area contributed by atoms with Gasteiger partial charge >= 0.3 is 7.82 Å². The SMILES string of the molecule is CNC1NCNC2N([C@@H]3O[C@H](COP(=O)(O)O)[C@@H](O)[C@H]3O)CNC12C1CCCCCCCCC1. The average molecular weight is 508 g/mol. The topological polar surface area (TPSA) is 168 Å². The van der Waals surface area contributed by atoms with E-state index in [1.165, 1.54) is 44.9 Å². The predicted molar refractivity (Wildman–Crippen MR) is 124 cm³/mol. The molecule has 0 aromatic rings. The summed E-state index contributed by atoms with van der Waals surface area (Å²) >= 11 is 0. The van der Waals surface area contributed by atoms with Crippen molar-refractivity contribution in [3.8, 4) is 0 Å². The van der Waals surface area contributed by atoms with Gasteiger partial charge in [0.25, 0.3) is 0 Å². The molecule has 198 valence electrons. The third-order valence-electron chi connectivity index (χ3n) is 8.07. The largest absolute Gasteiger partial charge is 0.469 e. The number of fused-ring (bicyclic) bond motifs is 1. The van der Waals surface area contributed by atoms with E-state index >= 15 is 0 Å². The third kappa shape index (κ3) is 5.53. The van der Waals surface area contributed by atoms with Gasteiger partial charge in [0.05, 0.1) is 31.1 Å². The maximum atomic E-state index is 11.1. The van der Waals surface area contributed by atoms with Crippen LogP contribution < -0.4 is 21.3 Å². The van der Waals surface area contributed by atoms with Crippen molar-refractivity contribution < 1.29 is 33.8 Å². The monoisotopic (exact) mass is 507 g/mol. The first-order chi connectivity index (χ1) is 16.3. The van der Waals surface area contributed by atoms with E-state index in [-0.39, 0.29) is 17.9 Å². The normalized spacial score (nSPS) is 41.4. The standard InChI is InChI=1S/C21H42N5O7P/c1-22-19-21(14-9-7-5-3-2-4-6-8-10-14)20(24-12-23-19)26(13-25-21)18-17(28)16(27)15(33-18)11-32-34(29,30)31/h14-20,22-25,27-28H,2-13H2,1H3,(H2,29,30,31)/t15-,16-,17-,18-,19?,20?,21?/m1/s1. The number of likely N-dealkylation sites (N-methyl/N-ethyl adjacent to an activating group) is 1. The summed E-state index contributed by atoms with van der Waals surface area (Å²) in [6, 6.07) is 0.